The fourth-order valence-corrected chi connectivity index (χ4v) is 2.19. The number of carbonyl (C=O) groups is 1. The molecule has 0 fully saturated rings. The molecule has 0 atom stereocenters. The highest BCUT2D eigenvalue weighted by atomic mass is 16.2. The first kappa shape index (κ1) is 17.2. The summed E-state index contributed by atoms with van der Waals surface area (Å²) in [5, 5.41) is 24.0. The Balaban J connectivity index is 2.31. The van der Waals surface area contributed by atoms with Gasteiger partial charge in [-0.2, -0.15) is 5.26 Å². The summed E-state index contributed by atoms with van der Waals surface area (Å²) < 4.78 is 0. The molecule has 0 aliphatic heterocycles. The van der Waals surface area contributed by atoms with Crippen LogP contribution in [-0.4, -0.2) is 17.7 Å². The molecule has 2 aromatic rings. The Morgan fingerprint density at radius 1 is 1.21 bits per heavy atom. The Hall–Kier alpha value is -3.13. The van der Waals surface area contributed by atoms with Crippen LogP contribution < -0.4 is 10.6 Å². The molecular formula is C19H20N4O. The first-order chi connectivity index (χ1) is 11.4. The lowest BCUT2D eigenvalue weighted by molar-refractivity contribution is -0.120. The minimum atomic E-state index is -0.848. The molecule has 0 aliphatic rings. The number of hydrogen-bond donors (Lipinski definition) is 3. The van der Waals surface area contributed by atoms with Crippen molar-refractivity contribution >= 4 is 28.6 Å². The third kappa shape index (κ3) is 3.61. The summed E-state index contributed by atoms with van der Waals surface area (Å²) in [5.41, 5.74) is 1.11. The smallest absolute Gasteiger partial charge is 0.249 e. The van der Waals surface area contributed by atoms with Gasteiger partial charge < -0.3 is 16.0 Å². The van der Waals surface area contributed by atoms with Crippen molar-refractivity contribution in [3.63, 3.8) is 0 Å². The number of nitriles is 1. The van der Waals surface area contributed by atoms with E-state index in [0.717, 1.165) is 16.3 Å². The summed E-state index contributed by atoms with van der Waals surface area (Å²) in [6, 6.07) is 13.1. The molecule has 122 valence electrons. The summed E-state index contributed by atoms with van der Waals surface area (Å²) in [6.45, 7) is 5.31. The highest BCUT2D eigenvalue weighted by Crippen LogP contribution is 2.27. The van der Waals surface area contributed by atoms with E-state index in [1.807, 2.05) is 24.3 Å². The van der Waals surface area contributed by atoms with Crippen LogP contribution in [0.15, 0.2) is 48.2 Å². The van der Waals surface area contributed by atoms with Crippen molar-refractivity contribution in [3.8, 4) is 6.07 Å². The lowest BCUT2D eigenvalue weighted by atomic mass is 10.0. The Labute approximate surface area is 141 Å². The Morgan fingerprint density at radius 2 is 1.88 bits per heavy atom. The van der Waals surface area contributed by atoms with Gasteiger partial charge in [-0.05, 0) is 38.5 Å². The lowest BCUT2D eigenvalue weighted by Gasteiger charge is -2.25. The first-order valence-corrected chi connectivity index (χ1v) is 7.57. The topological polar surface area (TPSA) is 88.8 Å². The highest BCUT2D eigenvalue weighted by Gasteiger charge is 2.26. The van der Waals surface area contributed by atoms with Gasteiger partial charge in [0.15, 0.2) is 0 Å². The number of carbonyl (C=O) groups excluding carboxylic acids is 1. The van der Waals surface area contributed by atoms with E-state index in [1.165, 1.54) is 6.21 Å². The van der Waals surface area contributed by atoms with Gasteiger partial charge in [0.05, 0.1) is 11.6 Å². The Morgan fingerprint density at radius 3 is 2.50 bits per heavy atom. The molecule has 5 heteroatoms. The molecule has 0 heterocycles. The average Bonchev–Trinajstić information content (AvgIpc) is 2.59. The maximum absolute atomic E-state index is 12.6. The quantitative estimate of drug-likeness (QED) is 0.736. The molecule has 2 aromatic carbocycles. The number of anilines is 1. The largest absolute Gasteiger partial charge is 0.377 e. The summed E-state index contributed by atoms with van der Waals surface area (Å²) in [4.78, 5) is 12.6. The molecule has 1 amide bonds. The third-order valence-corrected chi connectivity index (χ3v) is 3.75. The van der Waals surface area contributed by atoms with E-state index >= 15 is 0 Å². The van der Waals surface area contributed by atoms with Gasteiger partial charge >= 0.3 is 0 Å². The van der Waals surface area contributed by atoms with Gasteiger partial charge in [0, 0.05) is 28.9 Å². The first-order valence-electron chi connectivity index (χ1n) is 7.57. The second kappa shape index (κ2) is 6.97. The van der Waals surface area contributed by atoms with E-state index in [4.69, 9.17) is 5.41 Å². The van der Waals surface area contributed by atoms with Crippen molar-refractivity contribution in [1.82, 2.24) is 5.32 Å². The zero-order valence-electron chi connectivity index (χ0n) is 14.0. The van der Waals surface area contributed by atoms with E-state index in [9.17, 15) is 10.1 Å². The summed E-state index contributed by atoms with van der Waals surface area (Å²) >= 11 is 0. The zero-order valence-corrected chi connectivity index (χ0v) is 14.0. The zero-order chi connectivity index (χ0) is 17.7. The summed E-state index contributed by atoms with van der Waals surface area (Å²) in [5.74, 6) is -0.202. The van der Waals surface area contributed by atoms with Crippen LogP contribution in [0.3, 0.4) is 0 Å². The van der Waals surface area contributed by atoms with Crippen LogP contribution in [0.5, 0.6) is 0 Å². The molecule has 5 nitrogen and oxygen atoms in total. The number of amides is 1. The molecule has 0 saturated heterocycles. The van der Waals surface area contributed by atoms with E-state index in [-0.39, 0.29) is 5.91 Å². The molecule has 0 saturated carbocycles. The van der Waals surface area contributed by atoms with Gasteiger partial charge in [-0.15, -0.1) is 0 Å². The molecule has 0 radical (unpaired) electrons. The normalized spacial score (nSPS) is 11.7. The van der Waals surface area contributed by atoms with Crippen LogP contribution in [0.4, 0.5) is 5.69 Å². The van der Waals surface area contributed by atoms with E-state index in [2.05, 4.69) is 16.7 Å². The van der Waals surface area contributed by atoms with Crippen molar-refractivity contribution < 1.29 is 4.79 Å². The summed E-state index contributed by atoms with van der Waals surface area (Å²) in [6.07, 6.45) is 2.86. The SMILES string of the molecule is C/C(C=N)=C/NC(C)(C)C(=O)Nc1ccc(C#N)c2ccccc12. The molecule has 2 rings (SSSR count). The molecule has 0 bridgehead atoms. The number of nitrogens with one attached hydrogen (secondary N) is 3. The molecule has 3 N–H and O–H groups in total. The van der Waals surface area contributed by atoms with E-state index in [0.29, 0.717) is 11.3 Å². The van der Waals surface area contributed by atoms with Gasteiger partial charge in [-0.3, -0.25) is 4.79 Å². The van der Waals surface area contributed by atoms with Crippen LogP contribution in [-0.2, 0) is 4.79 Å². The van der Waals surface area contributed by atoms with Gasteiger partial charge in [0.25, 0.3) is 0 Å². The van der Waals surface area contributed by atoms with Crippen molar-refractivity contribution in [3.05, 3.63) is 53.7 Å². The molecule has 24 heavy (non-hydrogen) atoms. The second-order valence-corrected chi connectivity index (χ2v) is 6.07. The fraction of sp³-hybridized carbons (Fsp3) is 0.211. The monoisotopic (exact) mass is 320 g/mol. The predicted octanol–water partition coefficient (Wildman–Crippen LogP) is 3.57. The Kier molecular flexibility index (Phi) is 5.00. The van der Waals surface area contributed by atoms with E-state index < -0.39 is 5.54 Å². The van der Waals surface area contributed by atoms with Crippen LogP contribution in [0.2, 0.25) is 0 Å². The van der Waals surface area contributed by atoms with Crippen LogP contribution in [0, 0.1) is 16.7 Å². The van der Waals surface area contributed by atoms with E-state index in [1.54, 1.807) is 39.1 Å². The number of fused-ring (bicyclic) bond motifs is 1. The van der Waals surface area contributed by atoms with Crippen molar-refractivity contribution in [1.29, 1.82) is 10.7 Å². The van der Waals surface area contributed by atoms with Gasteiger partial charge in [0.1, 0.15) is 5.54 Å². The van der Waals surface area contributed by atoms with Gasteiger partial charge in [-0.1, -0.05) is 24.3 Å². The van der Waals surface area contributed by atoms with Crippen LogP contribution in [0.25, 0.3) is 10.8 Å². The maximum atomic E-state index is 12.6. The highest BCUT2D eigenvalue weighted by molar-refractivity contribution is 6.06. The van der Waals surface area contributed by atoms with Crippen LogP contribution in [0.1, 0.15) is 26.3 Å². The Bertz CT molecular complexity index is 859. The van der Waals surface area contributed by atoms with Crippen molar-refractivity contribution in [2.45, 2.75) is 26.3 Å². The minimum absolute atomic E-state index is 0.202. The molecule has 0 spiro atoms. The fourth-order valence-electron chi connectivity index (χ4n) is 2.19. The lowest BCUT2D eigenvalue weighted by Crippen LogP contribution is -2.47. The number of allylic oxidation sites excluding steroid dienone is 1. The number of benzene rings is 2. The molecule has 0 unspecified atom stereocenters. The van der Waals surface area contributed by atoms with Crippen LogP contribution >= 0.6 is 0 Å². The average molecular weight is 320 g/mol. The molecule has 0 aliphatic carbocycles. The number of hydrogen-bond acceptors (Lipinski definition) is 4. The van der Waals surface area contributed by atoms with Gasteiger partial charge in [-0.25, -0.2) is 0 Å². The van der Waals surface area contributed by atoms with Crippen molar-refractivity contribution in [2.24, 2.45) is 0 Å². The van der Waals surface area contributed by atoms with Crippen molar-refractivity contribution in [2.75, 3.05) is 5.32 Å². The van der Waals surface area contributed by atoms with Gasteiger partial charge in [0.2, 0.25) is 5.91 Å². The minimum Gasteiger partial charge on any atom is -0.377 e. The second-order valence-electron chi connectivity index (χ2n) is 6.07. The number of rotatable bonds is 5. The number of nitrogens with zero attached hydrogens (tertiary/aromatic N) is 1. The summed E-state index contributed by atoms with van der Waals surface area (Å²) in [7, 11) is 0. The maximum Gasteiger partial charge on any atom is 0.249 e. The predicted molar refractivity (Wildman–Crippen MR) is 97.0 cm³/mol. The third-order valence-electron chi connectivity index (χ3n) is 3.75. The molecule has 0 aromatic heterocycles. The standard InChI is InChI=1S/C19H20N4O/c1-13(10-20)12-22-19(2,3)18(24)23-17-9-8-14(11-21)15-6-4-5-7-16(15)17/h4-10,12,20,22H,1-3H3,(H,23,24)/b13-12-,20-10?. The molecular weight excluding hydrogens is 300 g/mol.